The lowest BCUT2D eigenvalue weighted by Gasteiger charge is -2.14. The first-order valence-electron chi connectivity index (χ1n) is 6.34. The van der Waals surface area contributed by atoms with Gasteiger partial charge < -0.3 is 15.2 Å². The summed E-state index contributed by atoms with van der Waals surface area (Å²) in [5.41, 5.74) is 8.92. The van der Waals surface area contributed by atoms with Gasteiger partial charge in [0.15, 0.2) is 0 Å². The standard InChI is InChI=1S/C16H18ClNO2/c1-10(18)11-4-6-15(19-2)13(8-11)12-5-7-16(20-3)14(17)9-12/h4-10H,18H2,1-3H3. The Hall–Kier alpha value is -1.71. The quantitative estimate of drug-likeness (QED) is 0.924. The lowest BCUT2D eigenvalue weighted by molar-refractivity contribution is 0.414. The Morgan fingerprint density at radius 1 is 1.00 bits per heavy atom. The summed E-state index contributed by atoms with van der Waals surface area (Å²) in [4.78, 5) is 0. The second-order valence-corrected chi connectivity index (χ2v) is 5.00. The van der Waals surface area contributed by atoms with Crippen LogP contribution in [0.25, 0.3) is 11.1 Å². The van der Waals surface area contributed by atoms with Crippen molar-refractivity contribution in [1.82, 2.24) is 0 Å². The van der Waals surface area contributed by atoms with E-state index in [1.54, 1.807) is 14.2 Å². The van der Waals surface area contributed by atoms with Gasteiger partial charge in [-0.15, -0.1) is 0 Å². The Kier molecular flexibility index (Phi) is 4.53. The van der Waals surface area contributed by atoms with Crippen molar-refractivity contribution < 1.29 is 9.47 Å². The van der Waals surface area contributed by atoms with Gasteiger partial charge in [0.05, 0.1) is 19.2 Å². The summed E-state index contributed by atoms with van der Waals surface area (Å²) in [6.45, 7) is 1.95. The van der Waals surface area contributed by atoms with E-state index in [2.05, 4.69) is 0 Å². The van der Waals surface area contributed by atoms with Gasteiger partial charge in [-0.05, 0) is 42.3 Å². The molecule has 2 aromatic rings. The van der Waals surface area contributed by atoms with Crippen LogP contribution in [0.5, 0.6) is 11.5 Å². The van der Waals surface area contributed by atoms with Gasteiger partial charge in [-0.2, -0.15) is 0 Å². The van der Waals surface area contributed by atoms with Crippen molar-refractivity contribution in [3.8, 4) is 22.6 Å². The van der Waals surface area contributed by atoms with Crippen molar-refractivity contribution in [2.24, 2.45) is 5.73 Å². The molecule has 1 unspecified atom stereocenters. The minimum atomic E-state index is -0.0339. The summed E-state index contributed by atoms with van der Waals surface area (Å²) in [5.74, 6) is 1.44. The SMILES string of the molecule is COc1ccc(-c2cc(C(C)N)ccc2OC)cc1Cl. The summed E-state index contributed by atoms with van der Waals surface area (Å²) in [5, 5.41) is 0.568. The fourth-order valence-corrected chi connectivity index (χ4v) is 2.33. The van der Waals surface area contributed by atoms with Crippen molar-refractivity contribution in [3.05, 3.63) is 47.0 Å². The van der Waals surface area contributed by atoms with E-state index in [1.165, 1.54) is 0 Å². The molecule has 0 bridgehead atoms. The smallest absolute Gasteiger partial charge is 0.137 e. The molecule has 0 fully saturated rings. The molecule has 0 spiro atoms. The molecule has 0 heterocycles. The third kappa shape index (κ3) is 2.89. The van der Waals surface area contributed by atoms with E-state index < -0.39 is 0 Å². The molecule has 0 aromatic heterocycles. The molecule has 20 heavy (non-hydrogen) atoms. The molecule has 0 saturated heterocycles. The second-order valence-electron chi connectivity index (χ2n) is 4.60. The molecule has 0 aliphatic rings. The van der Waals surface area contributed by atoms with Crippen LogP contribution >= 0.6 is 11.6 Å². The first kappa shape index (κ1) is 14.7. The van der Waals surface area contributed by atoms with Crippen LogP contribution in [-0.2, 0) is 0 Å². The average Bonchev–Trinajstić information content (AvgIpc) is 2.46. The van der Waals surface area contributed by atoms with Gasteiger partial charge in [0.25, 0.3) is 0 Å². The topological polar surface area (TPSA) is 44.5 Å². The highest BCUT2D eigenvalue weighted by molar-refractivity contribution is 6.32. The fraction of sp³-hybridized carbons (Fsp3) is 0.250. The molecule has 3 nitrogen and oxygen atoms in total. The van der Waals surface area contributed by atoms with Crippen LogP contribution in [0.3, 0.4) is 0 Å². The largest absolute Gasteiger partial charge is 0.496 e. The van der Waals surface area contributed by atoms with Crippen molar-refractivity contribution >= 4 is 11.6 Å². The van der Waals surface area contributed by atoms with Crippen LogP contribution in [0, 0.1) is 0 Å². The van der Waals surface area contributed by atoms with Crippen LogP contribution in [0.2, 0.25) is 5.02 Å². The zero-order chi connectivity index (χ0) is 14.7. The molecule has 4 heteroatoms. The molecule has 1 atom stereocenters. The summed E-state index contributed by atoms with van der Waals surface area (Å²) in [7, 11) is 3.24. The minimum Gasteiger partial charge on any atom is -0.496 e. The Bertz CT molecular complexity index is 611. The van der Waals surface area contributed by atoms with Gasteiger partial charge in [-0.25, -0.2) is 0 Å². The molecule has 2 aromatic carbocycles. The average molecular weight is 292 g/mol. The molecule has 2 N–H and O–H groups in total. The van der Waals surface area contributed by atoms with Gasteiger partial charge in [0.2, 0.25) is 0 Å². The highest BCUT2D eigenvalue weighted by atomic mass is 35.5. The number of ether oxygens (including phenoxy) is 2. The number of benzene rings is 2. The van der Waals surface area contributed by atoms with E-state index in [-0.39, 0.29) is 6.04 Å². The summed E-state index contributed by atoms with van der Waals surface area (Å²) in [6.07, 6.45) is 0. The minimum absolute atomic E-state index is 0.0339. The third-order valence-corrected chi connectivity index (χ3v) is 3.51. The van der Waals surface area contributed by atoms with Crippen molar-refractivity contribution in [3.63, 3.8) is 0 Å². The monoisotopic (exact) mass is 291 g/mol. The fourth-order valence-electron chi connectivity index (χ4n) is 2.07. The van der Waals surface area contributed by atoms with Crippen LogP contribution in [-0.4, -0.2) is 14.2 Å². The Balaban J connectivity index is 2.55. The number of hydrogen-bond acceptors (Lipinski definition) is 3. The van der Waals surface area contributed by atoms with E-state index in [0.29, 0.717) is 10.8 Å². The van der Waals surface area contributed by atoms with Crippen molar-refractivity contribution in [1.29, 1.82) is 0 Å². The first-order valence-corrected chi connectivity index (χ1v) is 6.72. The summed E-state index contributed by atoms with van der Waals surface area (Å²) in [6, 6.07) is 11.5. The maximum absolute atomic E-state index is 6.19. The predicted octanol–water partition coefficient (Wildman–Crippen LogP) is 4.04. The zero-order valence-corrected chi connectivity index (χ0v) is 12.6. The molecule has 0 radical (unpaired) electrons. The maximum Gasteiger partial charge on any atom is 0.137 e. The summed E-state index contributed by atoms with van der Waals surface area (Å²) >= 11 is 6.19. The zero-order valence-electron chi connectivity index (χ0n) is 11.8. The molecule has 0 aliphatic carbocycles. The molecular formula is C16H18ClNO2. The number of rotatable bonds is 4. The van der Waals surface area contributed by atoms with Crippen molar-refractivity contribution in [2.75, 3.05) is 14.2 Å². The van der Waals surface area contributed by atoms with E-state index in [4.69, 9.17) is 26.8 Å². The Morgan fingerprint density at radius 2 is 1.65 bits per heavy atom. The van der Waals surface area contributed by atoms with E-state index in [1.807, 2.05) is 43.3 Å². The van der Waals surface area contributed by atoms with Crippen LogP contribution in [0.1, 0.15) is 18.5 Å². The van der Waals surface area contributed by atoms with Crippen LogP contribution < -0.4 is 15.2 Å². The first-order chi connectivity index (χ1) is 9.56. The van der Waals surface area contributed by atoms with Crippen LogP contribution in [0.4, 0.5) is 0 Å². The lowest BCUT2D eigenvalue weighted by Crippen LogP contribution is -2.05. The van der Waals surface area contributed by atoms with Gasteiger partial charge in [-0.3, -0.25) is 0 Å². The number of nitrogens with two attached hydrogens (primary N) is 1. The van der Waals surface area contributed by atoms with E-state index in [9.17, 15) is 0 Å². The lowest BCUT2D eigenvalue weighted by atomic mass is 9.99. The molecular weight excluding hydrogens is 274 g/mol. The van der Waals surface area contributed by atoms with Crippen molar-refractivity contribution in [2.45, 2.75) is 13.0 Å². The molecule has 106 valence electrons. The van der Waals surface area contributed by atoms with Gasteiger partial charge in [0.1, 0.15) is 11.5 Å². The summed E-state index contributed by atoms with van der Waals surface area (Å²) < 4.78 is 10.6. The Labute approximate surface area is 124 Å². The van der Waals surface area contributed by atoms with Crippen LogP contribution in [0.15, 0.2) is 36.4 Å². The number of hydrogen-bond donors (Lipinski definition) is 1. The van der Waals surface area contributed by atoms with Gasteiger partial charge in [0, 0.05) is 11.6 Å². The molecule has 0 aliphatic heterocycles. The predicted molar refractivity (Wildman–Crippen MR) is 82.6 cm³/mol. The second kappa shape index (κ2) is 6.16. The maximum atomic E-state index is 6.19. The van der Waals surface area contributed by atoms with Gasteiger partial charge in [-0.1, -0.05) is 23.7 Å². The molecule has 0 saturated carbocycles. The number of halogens is 1. The number of methoxy groups -OCH3 is 2. The Morgan fingerprint density at radius 3 is 2.20 bits per heavy atom. The normalized spacial score (nSPS) is 12.1. The van der Waals surface area contributed by atoms with Gasteiger partial charge >= 0.3 is 0 Å². The van der Waals surface area contributed by atoms with E-state index >= 15 is 0 Å². The molecule has 2 rings (SSSR count). The van der Waals surface area contributed by atoms with E-state index in [0.717, 1.165) is 22.4 Å². The highest BCUT2D eigenvalue weighted by Crippen LogP contribution is 2.36. The highest BCUT2D eigenvalue weighted by Gasteiger charge is 2.11. The third-order valence-electron chi connectivity index (χ3n) is 3.21. The molecule has 0 amide bonds.